The maximum Gasteiger partial charge on any atom is 0.196 e. The van der Waals surface area contributed by atoms with Crippen molar-refractivity contribution in [3.63, 3.8) is 0 Å². The summed E-state index contributed by atoms with van der Waals surface area (Å²) in [7, 11) is 0. The Morgan fingerprint density at radius 3 is 2.58 bits per heavy atom. The molecule has 1 aromatic carbocycles. The first-order valence-electron chi connectivity index (χ1n) is 6.94. The molecular weight excluding hydrogens is 236 g/mol. The van der Waals surface area contributed by atoms with Crippen LogP contribution in [0.25, 0.3) is 11.3 Å². The topological polar surface area (TPSA) is 38.1 Å². The second-order valence-electron chi connectivity index (χ2n) is 4.89. The standard InChI is InChI=1S/C16H22N2O/c1-4-9-17-10-8-15-18-11-14(19-15)16-12(2)6-5-7-13(16)3/h5-7,11,17H,4,8-10H2,1-3H3. The summed E-state index contributed by atoms with van der Waals surface area (Å²) < 4.78 is 5.86. The molecule has 0 atom stereocenters. The van der Waals surface area contributed by atoms with Crippen LogP contribution in [0.2, 0.25) is 0 Å². The number of nitrogens with zero attached hydrogens (tertiary/aromatic N) is 1. The molecule has 1 N–H and O–H groups in total. The van der Waals surface area contributed by atoms with Gasteiger partial charge in [-0.1, -0.05) is 25.1 Å². The van der Waals surface area contributed by atoms with Gasteiger partial charge in [-0.3, -0.25) is 0 Å². The van der Waals surface area contributed by atoms with Gasteiger partial charge in [-0.2, -0.15) is 0 Å². The fourth-order valence-corrected chi connectivity index (χ4v) is 2.24. The normalized spacial score (nSPS) is 10.9. The van der Waals surface area contributed by atoms with E-state index >= 15 is 0 Å². The summed E-state index contributed by atoms with van der Waals surface area (Å²) in [5, 5.41) is 3.36. The minimum Gasteiger partial charge on any atom is -0.441 e. The Bertz CT molecular complexity index is 511. The largest absolute Gasteiger partial charge is 0.441 e. The Labute approximate surface area is 115 Å². The van der Waals surface area contributed by atoms with Crippen molar-refractivity contribution in [1.29, 1.82) is 0 Å². The van der Waals surface area contributed by atoms with Crippen LogP contribution in [0.5, 0.6) is 0 Å². The number of hydrogen-bond acceptors (Lipinski definition) is 3. The minimum atomic E-state index is 0.807. The first-order chi connectivity index (χ1) is 9.22. The molecule has 2 aromatic rings. The first-order valence-corrected chi connectivity index (χ1v) is 6.94. The van der Waals surface area contributed by atoms with Crippen molar-refractivity contribution in [2.24, 2.45) is 0 Å². The van der Waals surface area contributed by atoms with E-state index in [1.54, 1.807) is 0 Å². The van der Waals surface area contributed by atoms with Gasteiger partial charge in [-0.05, 0) is 37.9 Å². The smallest absolute Gasteiger partial charge is 0.196 e. The van der Waals surface area contributed by atoms with Crippen LogP contribution >= 0.6 is 0 Å². The second-order valence-corrected chi connectivity index (χ2v) is 4.89. The minimum absolute atomic E-state index is 0.807. The molecule has 1 heterocycles. The third kappa shape index (κ3) is 3.44. The van der Waals surface area contributed by atoms with Gasteiger partial charge in [0.15, 0.2) is 11.7 Å². The van der Waals surface area contributed by atoms with Crippen LogP contribution in [-0.2, 0) is 6.42 Å². The Hall–Kier alpha value is -1.61. The van der Waals surface area contributed by atoms with Gasteiger partial charge in [-0.15, -0.1) is 0 Å². The van der Waals surface area contributed by atoms with E-state index in [-0.39, 0.29) is 0 Å². The molecule has 0 amide bonds. The number of benzene rings is 1. The molecule has 0 aliphatic carbocycles. The Balaban J connectivity index is 2.08. The highest BCUT2D eigenvalue weighted by Crippen LogP contribution is 2.27. The van der Waals surface area contributed by atoms with Crippen molar-refractivity contribution >= 4 is 0 Å². The predicted octanol–water partition coefficient (Wildman–Crippen LogP) is 3.50. The number of hydrogen-bond donors (Lipinski definition) is 1. The van der Waals surface area contributed by atoms with Crippen LogP contribution in [0.4, 0.5) is 0 Å². The molecule has 0 saturated heterocycles. The van der Waals surface area contributed by atoms with Gasteiger partial charge in [-0.25, -0.2) is 4.98 Å². The van der Waals surface area contributed by atoms with E-state index in [0.29, 0.717) is 0 Å². The van der Waals surface area contributed by atoms with E-state index in [1.807, 2.05) is 6.20 Å². The molecule has 0 bridgehead atoms. The Morgan fingerprint density at radius 1 is 1.16 bits per heavy atom. The fraction of sp³-hybridized carbons (Fsp3) is 0.438. The van der Waals surface area contributed by atoms with Crippen molar-refractivity contribution in [1.82, 2.24) is 10.3 Å². The van der Waals surface area contributed by atoms with Gasteiger partial charge < -0.3 is 9.73 Å². The molecule has 3 nitrogen and oxygen atoms in total. The van der Waals surface area contributed by atoms with Crippen LogP contribution in [-0.4, -0.2) is 18.1 Å². The van der Waals surface area contributed by atoms with Gasteiger partial charge in [0.05, 0.1) is 6.20 Å². The third-order valence-electron chi connectivity index (χ3n) is 3.22. The summed E-state index contributed by atoms with van der Waals surface area (Å²) in [4.78, 5) is 4.37. The lowest BCUT2D eigenvalue weighted by molar-refractivity contribution is 0.494. The van der Waals surface area contributed by atoms with Gasteiger partial charge in [0.25, 0.3) is 0 Å². The molecule has 0 aliphatic heterocycles. The van der Waals surface area contributed by atoms with Crippen LogP contribution in [0.1, 0.15) is 30.4 Å². The van der Waals surface area contributed by atoms with Crippen LogP contribution in [0.3, 0.4) is 0 Å². The molecule has 0 fully saturated rings. The van der Waals surface area contributed by atoms with E-state index in [0.717, 1.165) is 37.6 Å². The van der Waals surface area contributed by atoms with Crippen LogP contribution in [0, 0.1) is 13.8 Å². The van der Waals surface area contributed by atoms with Gasteiger partial charge in [0.1, 0.15) is 0 Å². The molecule has 1 aromatic heterocycles. The third-order valence-corrected chi connectivity index (χ3v) is 3.22. The lowest BCUT2D eigenvalue weighted by atomic mass is 10.0. The number of aromatic nitrogens is 1. The lowest BCUT2D eigenvalue weighted by Gasteiger charge is -2.05. The fourth-order valence-electron chi connectivity index (χ4n) is 2.24. The number of oxazole rings is 1. The molecule has 0 aliphatic rings. The van der Waals surface area contributed by atoms with E-state index in [4.69, 9.17) is 4.42 Å². The maximum atomic E-state index is 5.86. The zero-order valence-corrected chi connectivity index (χ0v) is 12.0. The SMILES string of the molecule is CCCNCCc1ncc(-c2c(C)cccc2C)o1. The number of aryl methyl sites for hydroxylation is 2. The highest BCUT2D eigenvalue weighted by atomic mass is 16.4. The van der Waals surface area contributed by atoms with E-state index in [9.17, 15) is 0 Å². The molecule has 0 spiro atoms. The first kappa shape index (κ1) is 13.8. The molecule has 0 saturated carbocycles. The summed E-state index contributed by atoms with van der Waals surface area (Å²) in [6.07, 6.45) is 3.83. The summed E-state index contributed by atoms with van der Waals surface area (Å²) in [6, 6.07) is 6.28. The van der Waals surface area contributed by atoms with E-state index in [2.05, 4.69) is 49.3 Å². The van der Waals surface area contributed by atoms with Gasteiger partial charge >= 0.3 is 0 Å². The summed E-state index contributed by atoms with van der Waals surface area (Å²) in [5.41, 5.74) is 3.63. The number of nitrogens with one attached hydrogen (secondary N) is 1. The molecule has 0 radical (unpaired) electrons. The van der Waals surface area contributed by atoms with Crippen molar-refractivity contribution < 1.29 is 4.42 Å². The Kier molecular flexibility index (Phi) is 4.74. The van der Waals surface area contributed by atoms with E-state index < -0.39 is 0 Å². The quantitative estimate of drug-likeness (QED) is 0.806. The number of rotatable bonds is 6. The molecule has 102 valence electrons. The lowest BCUT2D eigenvalue weighted by Crippen LogP contribution is -2.17. The zero-order valence-electron chi connectivity index (χ0n) is 12.0. The van der Waals surface area contributed by atoms with E-state index in [1.165, 1.54) is 16.7 Å². The van der Waals surface area contributed by atoms with Gasteiger partial charge in [0, 0.05) is 18.5 Å². The monoisotopic (exact) mass is 258 g/mol. The summed E-state index contributed by atoms with van der Waals surface area (Å²) in [6.45, 7) is 8.34. The highest BCUT2D eigenvalue weighted by Gasteiger charge is 2.10. The maximum absolute atomic E-state index is 5.86. The van der Waals surface area contributed by atoms with Crippen LogP contribution in [0.15, 0.2) is 28.8 Å². The molecule has 2 rings (SSSR count). The average Bonchev–Trinajstić information content (AvgIpc) is 2.83. The van der Waals surface area contributed by atoms with Crippen LogP contribution < -0.4 is 5.32 Å². The average molecular weight is 258 g/mol. The van der Waals surface area contributed by atoms with Crippen molar-refractivity contribution in [2.75, 3.05) is 13.1 Å². The Morgan fingerprint density at radius 2 is 1.89 bits per heavy atom. The zero-order chi connectivity index (χ0) is 13.7. The predicted molar refractivity (Wildman–Crippen MR) is 78.3 cm³/mol. The molecular formula is C16H22N2O. The molecule has 3 heteroatoms. The summed E-state index contributed by atoms with van der Waals surface area (Å²) >= 11 is 0. The molecule has 0 unspecified atom stereocenters. The van der Waals surface area contributed by atoms with Crippen molar-refractivity contribution in [3.05, 3.63) is 41.4 Å². The van der Waals surface area contributed by atoms with Gasteiger partial charge in [0.2, 0.25) is 0 Å². The summed E-state index contributed by atoms with van der Waals surface area (Å²) in [5.74, 6) is 1.68. The highest BCUT2D eigenvalue weighted by molar-refractivity contribution is 5.65. The van der Waals surface area contributed by atoms with Crippen molar-refractivity contribution in [3.8, 4) is 11.3 Å². The second kappa shape index (κ2) is 6.53. The molecule has 19 heavy (non-hydrogen) atoms. The van der Waals surface area contributed by atoms with Crippen molar-refractivity contribution in [2.45, 2.75) is 33.6 Å².